The maximum absolute atomic E-state index is 12.9. The quantitative estimate of drug-likeness (QED) is 0.0560. The van der Waals surface area contributed by atoms with Crippen molar-refractivity contribution in [2.45, 2.75) is 117 Å². The molecule has 46 heavy (non-hydrogen) atoms. The fourth-order valence-corrected chi connectivity index (χ4v) is 5.85. The molecule has 0 amide bonds. The number of unbranched alkanes of at least 4 members (excludes halogenated alkanes) is 12. The fraction of sp³-hybridized carbons (Fsp3) is 0.429. The second-order valence-electron chi connectivity index (χ2n) is 12.6. The van der Waals surface area contributed by atoms with Gasteiger partial charge in [0.15, 0.2) is 0 Å². The smallest absolute Gasteiger partial charge is 0.343 e. The van der Waals surface area contributed by atoms with Crippen LogP contribution < -0.4 is 9.47 Å². The van der Waals surface area contributed by atoms with Crippen LogP contribution in [0.15, 0.2) is 84.9 Å². The number of ether oxygens (including phenoxy) is 2. The number of esters is 2. The highest BCUT2D eigenvalue weighted by atomic mass is 16.5. The normalized spacial score (nSPS) is 11.1. The Hall–Kier alpha value is -3.92. The zero-order valence-corrected chi connectivity index (χ0v) is 28.0. The molecule has 0 unspecified atom stereocenters. The molecule has 0 N–H and O–H groups in total. The molecule has 4 aromatic rings. The van der Waals surface area contributed by atoms with Crippen LogP contribution in [0.3, 0.4) is 0 Å². The van der Waals surface area contributed by atoms with Crippen LogP contribution in [0.2, 0.25) is 0 Å². The van der Waals surface area contributed by atoms with E-state index in [1.807, 2.05) is 60.7 Å². The van der Waals surface area contributed by atoms with Crippen molar-refractivity contribution >= 4 is 22.7 Å². The van der Waals surface area contributed by atoms with Gasteiger partial charge in [-0.3, -0.25) is 0 Å². The van der Waals surface area contributed by atoms with E-state index in [2.05, 4.69) is 13.8 Å². The van der Waals surface area contributed by atoms with Gasteiger partial charge in [-0.15, -0.1) is 0 Å². The molecule has 0 fully saturated rings. The van der Waals surface area contributed by atoms with E-state index in [0.717, 1.165) is 23.6 Å². The van der Waals surface area contributed by atoms with Crippen LogP contribution in [0.25, 0.3) is 10.8 Å². The number of carbonyl (C=O) groups excluding carboxylic acids is 2. The van der Waals surface area contributed by atoms with E-state index in [1.165, 1.54) is 101 Å². The number of hydrogen-bond acceptors (Lipinski definition) is 4. The van der Waals surface area contributed by atoms with Crippen molar-refractivity contribution in [1.29, 1.82) is 0 Å². The number of benzene rings is 4. The number of fused-ring (bicyclic) bond motifs is 1. The molecule has 0 bridgehead atoms. The van der Waals surface area contributed by atoms with Crippen molar-refractivity contribution in [2.75, 3.05) is 0 Å². The highest BCUT2D eigenvalue weighted by molar-refractivity contribution is 5.99. The van der Waals surface area contributed by atoms with Crippen LogP contribution >= 0.6 is 0 Å². The second-order valence-corrected chi connectivity index (χ2v) is 12.6. The minimum Gasteiger partial charge on any atom is -0.423 e. The summed E-state index contributed by atoms with van der Waals surface area (Å²) in [7, 11) is 0. The topological polar surface area (TPSA) is 52.6 Å². The fourth-order valence-electron chi connectivity index (χ4n) is 5.85. The first-order valence-electron chi connectivity index (χ1n) is 17.7. The first kappa shape index (κ1) is 34.9. The van der Waals surface area contributed by atoms with Crippen molar-refractivity contribution in [1.82, 2.24) is 0 Å². The third kappa shape index (κ3) is 11.8. The van der Waals surface area contributed by atoms with Crippen LogP contribution in [0.4, 0.5) is 0 Å². The largest absolute Gasteiger partial charge is 0.423 e. The van der Waals surface area contributed by atoms with E-state index in [4.69, 9.17) is 9.47 Å². The summed E-state index contributed by atoms with van der Waals surface area (Å²) in [5.41, 5.74) is 3.46. The van der Waals surface area contributed by atoms with Gasteiger partial charge >= 0.3 is 11.9 Å². The van der Waals surface area contributed by atoms with Crippen LogP contribution in [0, 0.1) is 0 Å². The lowest BCUT2D eigenvalue weighted by molar-refractivity contribution is 0.0725. The van der Waals surface area contributed by atoms with Crippen LogP contribution in [0.1, 0.15) is 136 Å². The van der Waals surface area contributed by atoms with E-state index < -0.39 is 11.9 Å². The summed E-state index contributed by atoms with van der Waals surface area (Å²) in [5, 5.41) is 1.71. The van der Waals surface area contributed by atoms with Gasteiger partial charge in [0.1, 0.15) is 11.5 Å². The van der Waals surface area contributed by atoms with Gasteiger partial charge < -0.3 is 9.47 Å². The van der Waals surface area contributed by atoms with Gasteiger partial charge in [0.2, 0.25) is 0 Å². The van der Waals surface area contributed by atoms with Gasteiger partial charge in [-0.25, -0.2) is 9.59 Å². The maximum Gasteiger partial charge on any atom is 0.343 e. The lowest BCUT2D eigenvalue weighted by atomic mass is 10.0. The second kappa shape index (κ2) is 19.6. The molecule has 0 saturated heterocycles. The van der Waals surface area contributed by atoms with Gasteiger partial charge in [-0.1, -0.05) is 127 Å². The molecule has 4 heteroatoms. The molecule has 0 saturated carbocycles. The molecular weight excluding hydrogens is 568 g/mol. The zero-order chi connectivity index (χ0) is 32.4. The van der Waals surface area contributed by atoms with Crippen molar-refractivity contribution in [3.05, 3.63) is 107 Å². The lowest BCUT2D eigenvalue weighted by Crippen LogP contribution is -2.09. The maximum atomic E-state index is 12.9. The molecule has 0 aromatic heterocycles. The number of hydrogen-bond donors (Lipinski definition) is 0. The Balaban J connectivity index is 1.23. The Kier molecular flexibility index (Phi) is 14.9. The van der Waals surface area contributed by atoms with Gasteiger partial charge in [0, 0.05) is 0 Å². The average molecular weight is 621 g/mol. The standard InChI is InChI=1S/C42H52O4/c1-3-5-7-9-11-13-15-17-33-19-27-39(28-20-33)45-41(43)37-25-23-36-32-38(26-24-35(36)31-37)42(44)46-40-29-21-34(22-30-40)18-16-14-12-10-8-6-4-2/h19-32H,3-18H2,1-2H3. The summed E-state index contributed by atoms with van der Waals surface area (Å²) < 4.78 is 11.3. The number of rotatable bonds is 20. The predicted octanol–water partition coefficient (Wildman–Crippen LogP) is 11.9. The molecule has 4 nitrogen and oxygen atoms in total. The minimum absolute atomic E-state index is 0.402. The van der Waals surface area contributed by atoms with Crippen molar-refractivity contribution in [3.63, 3.8) is 0 Å². The van der Waals surface area contributed by atoms with Gasteiger partial charge in [0.05, 0.1) is 11.1 Å². The third-order valence-electron chi connectivity index (χ3n) is 8.72. The molecule has 244 valence electrons. The summed E-state index contributed by atoms with van der Waals surface area (Å²) in [6.07, 6.45) is 20.2. The van der Waals surface area contributed by atoms with Gasteiger partial charge in [-0.2, -0.15) is 0 Å². The summed E-state index contributed by atoms with van der Waals surface area (Å²) in [4.78, 5) is 25.8. The molecule has 0 aliphatic heterocycles. The van der Waals surface area contributed by atoms with E-state index >= 15 is 0 Å². The van der Waals surface area contributed by atoms with Crippen LogP contribution in [0.5, 0.6) is 11.5 Å². The van der Waals surface area contributed by atoms with Crippen LogP contribution in [-0.4, -0.2) is 11.9 Å². The molecule has 0 atom stereocenters. The molecule has 0 spiro atoms. The number of carbonyl (C=O) groups is 2. The molecule has 0 aliphatic carbocycles. The number of aryl methyl sites for hydroxylation is 2. The first-order chi connectivity index (χ1) is 22.6. The molecular formula is C42H52O4. The Bertz CT molecular complexity index is 1370. The SMILES string of the molecule is CCCCCCCCCc1ccc(OC(=O)c2ccc3cc(C(=O)Oc4ccc(CCCCCCCCC)cc4)ccc3c2)cc1. The summed E-state index contributed by atoms with van der Waals surface area (Å²) >= 11 is 0. The Morgan fingerprint density at radius 3 is 1.15 bits per heavy atom. The van der Waals surface area contributed by atoms with Crippen molar-refractivity contribution in [3.8, 4) is 11.5 Å². The lowest BCUT2D eigenvalue weighted by Gasteiger charge is -2.09. The monoisotopic (exact) mass is 620 g/mol. The Morgan fingerprint density at radius 1 is 0.435 bits per heavy atom. The predicted molar refractivity (Wildman–Crippen MR) is 190 cm³/mol. The van der Waals surface area contributed by atoms with E-state index in [0.29, 0.717) is 22.6 Å². The van der Waals surface area contributed by atoms with E-state index in [1.54, 1.807) is 24.3 Å². The van der Waals surface area contributed by atoms with E-state index in [-0.39, 0.29) is 0 Å². The average Bonchev–Trinajstić information content (AvgIpc) is 3.08. The highest BCUT2D eigenvalue weighted by Gasteiger charge is 2.13. The summed E-state index contributed by atoms with van der Waals surface area (Å²) in [5.74, 6) is 0.274. The molecule has 0 heterocycles. The highest BCUT2D eigenvalue weighted by Crippen LogP contribution is 2.23. The van der Waals surface area contributed by atoms with Crippen molar-refractivity contribution < 1.29 is 19.1 Å². The molecule has 0 radical (unpaired) electrons. The molecule has 4 rings (SSSR count). The third-order valence-corrected chi connectivity index (χ3v) is 8.72. The van der Waals surface area contributed by atoms with Gasteiger partial charge in [-0.05, 0) is 96.1 Å². The summed E-state index contributed by atoms with van der Waals surface area (Å²) in [6.45, 7) is 4.49. The minimum atomic E-state index is -0.402. The van der Waals surface area contributed by atoms with E-state index in [9.17, 15) is 9.59 Å². The first-order valence-corrected chi connectivity index (χ1v) is 17.7. The van der Waals surface area contributed by atoms with Crippen LogP contribution in [-0.2, 0) is 12.8 Å². The summed E-state index contributed by atoms with van der Waals surface area (Å²) in [6, 6.07) is 26.4. The van der Waals surface area contributed by atoms with Crippen molar-refractivity contribution in [2.24, 2.45) is 0 Å². The molecule has 4 aromatic carbocycles. The Labute approximate surface area is 276 Å². The molecule has 0 aliphatic rings. The zero-order valence-electron chi connectivity index (χ0n) is 28.0. The Morgan fingerprint density at radius 2 is 0.783 bits per heavy atom. The van der Waals surface area contributed by atoms with Gasteiger partial charge in [0.25, 0.3) is 0 Å².